The second-order valence-corrected chi connectivity index (χ2v) is 7.57. The van der Waals surface area contributed by atoms with Crippen LogP contribution in [0.5, 0.6) is 0 Å². The van der Waals surface area contributed by atoms with E-state index in [9.17, 15) is 14.4 Å². The summed E-state index contributed by atoms with van der Waals surface area (Å²) < 4.78 is 2.42. The van der Waals surface area contributed by atoms with Gasteiger partial charge in [0.2, 0.25) is 5.91 Å². The minimum atomic E-state index is -0.428. The summed E-state index contributed by atoms with van der Waals surface area (Å²) in [6.07, 6.45) is 9.49. The van der Waals surface area contributed by atoms with E-state index in [0.29, 0.717) is 35.5 Å². The summed E-state index contributed by atoms with van der Waals surface area (Å²) >= 11 is 0. The van der Waals surface area contributed by atoms with Crippen LogP contribution in [0.15, 0.2) is 15.8 Å². The molecular formula is C20H28N4O3. The van der Waals surface area contributed by atoms with E-state index in [1.165, 1.54) is 30.9 Å². The molecule has 2 aromatic rings. The van der Waals surface area contributed by atoms with Gasteiger partial charge in [0, 0.05) is 26.7 Å². The van der Waals surface area contributed by atoms with Crippen molar-refractivity contribution in [2.75, 3.05) is 5.32 Å². The van der Waals surface area contributed by atoms with Gasteiger partial charge in [0.15, 0.2) is 5.65 Å². The summed E-state index contributed by atoms with van der Waals surface area (Å²) in [7, 11) is 3.04. The van der Waals surface area contributed by atoms with Crippen LogP contribution in [-0.4, -0.2) is 20.0 Å². The van der Waals surface area contributed by atoms with Crippen molar-refractivity contribution < 1.29 is 4.79 Å². The summed E-state index contributed by atoms with van der Waals surface area (Å²) in [4.78, 5) is 42.1. The minimum Gasteiger partial charge on any atom is -0.325 e. The number of fused-ring (bicyclic) bond motifs is 1. The van der Waals surface area contributed by atoms with Crippen molar-refractivity contribution in [2.24, 2.45) is 20.0 Å². The van der Waals surface area contributed by atoms with Gasteiger partial charge in [-0.3, -0.25) is 18.7 Å². The first-order valence-corrected chi connectivity index (χ1v) is 9.81. The molecule has 1 amide bonds. The number of amides is 1. The largest absolute Gasteiger partial charge is 0.332 e. The molecule has 1 fully saturated rings. The van der Waals surface area contributed by atoms with E-state index >= 15 is 0 Å². The van der Waals surface area contributed by atoms with Crippen LogP contribution in [-0.2, 0) is 25.3 Å². The Bertz CT molecular complexity index is 968. The van der Waals surface area contributed by atoms with Gasteiger partial charge in [-0.1, -0.05) is 32.6 Å². The Morgan fingerprint density at radius 2 is 1.89 bits per heavy atom. The van der Waals surface area contributed by atoms with Gasteiger partial charge in [-0.25, -0.2) is 9.78 Å². The summed E-state index contributed by atoms with van der Waals surface area (Å²) in [6.45, 7) is 2.04. The maximum atomic E-state index is 12.8. The molecule has 7 nitrogen and oxygen atoms in total. The average Bonchev–Trinajstić information content (AvgIpc) is 2.66. The topological polar surface area (TPSA) is 86.0 Å². The molecule has 0 radical (unpaired) electrons. The predicted molar refractivity (Wildman–Crippen MR) is 106 cm³/mol. The third-order valence-corrected chi connectivity index (χ3v) is 5.53. The standard InChI is InChI=1S/C20H28N4O3/c1-4-8-14-12-21-18-16(19(26)24(3)20(27)23(18)2)17(14)22-15(25)11-13-9-6-5-7-10-13/h12-13H,4-11H2,1-3H3,(H,21,22,25). The van der Waals surface area contributed by atoms with E-state index in [-0.39, 0.29) is 5.91 Å². The first-order chi connectivity index (χ1) is 12.9. The molecule has 0 aliphatic heterocycles. The van der Waals surface area contributed by atoms with Crippen LogP contribution in [0, 0.1) is 5.92 Å². The molecule has 3 rings (SSSR count). The Morgan fingerprint density at radius 3 is 2.56 bits per heavy atom. The van der Waals surface area contributed by atoms with E-state index in [1.807, 2.05) is 6.92 Å². The van der Waals surface area contributed by atoms with E-state index in [4.69, 9.17) is 0 Å². The Hall–Kier alpha value is -2.44. The Kier molecular flexibility index (Phi) is 5.77. The maximum absolute atomic E-state index is 12.8. The molecule has 0 spiro atoms. The molecule has 1 N–H and O–H groups in total. The molecule has 0 saturated heterocycles. The highest BCUT2D eigenvalue weighted by Crippen LogP contribution is 2.28. The van der Waals surface area contributed by atoms with Crippen molar-refractivity contribution in [2.45, 2.75) is 58.3 Å². The van der Waals surface area contributed by atoms with Gasteiger partial charge in [0.05, 0.1) is 5.69 Å². The van der Waals surface area contributed by atoms with E-state index in [0.717, 1.165) is 29.4 Å². The smallest absolute Gasteiger partial charge is 0.325 e. The van der Waals surface area contributed by atoms with E-state index < -0.39 is 11.2 Å². The zero-order chi connectivity index (χ0) is 19.6. The summed E-state index contributed by atoms with van der Waals surface area (Å²) in [5.41, 5.74) is 0.793. The van der Waals surface area contributed by atoms with Crippen molar-refractivity contribution in [1.29, 1.82) is 0 Å². The number of anilines is 1. The van der Waals surface area contributed by atoms with Crippen LogP contribution >= 0.6 is 0 Å². The Labute approximate surface area is 158 Å². The molecule has 0 aromatic carbocycles. The van der Waals surface area contributed by atoms with Gasteiger partial charge < -0.3 is 5.32 Å². The molecule has 0 bridgehead atoms. The third-order valence-electron chi connectivity index (χ3n) is 5.53. The number of nitrogens with zero attached hydrogens (tertiary/aromatic N) is 3. The molecule has 0 atom stereocenters. The van der Waals surface area contributed by atoms with Crippen LogP contribution < -0.4 is 16.6 Å². The van der Waals surface area contributed by atoms with E-state index in [2.05, 4.69) is 10.3 Å². The highest BCUT2D eigenvalue weighted by molar-refractivity contribution is 6.01. The number of hydrogen-bond donors (Lipinski definition) is 1. The number of aryl methyl sites for hydroxylation is 2. The minimum absolute atomic E-state index is 0.0670. The molecular weight excluding hydrogens is 344 g/mol. The molecule has 2 aromatic heterocycles. The molecule has 0 unspecified atom stereocenters. The quantitative estimate of drug-likeness (QED) is 0.874. The zero-order valence-corrected chi connectivity index (χ0v) is 16.4. The molecule has 1 aliphatic rings. The van der Waals surface area contributed by atoms with Gasteiger partial charge in [-0.05, 0) is 30.7 Å². The number of rotatable bonds is 5. The molecule has 27 heavy (non-hydrogen) atoms. The number of pyridine rings is 1. The fraction of sp³-hybridized carbons (Fsp3) is 0.600. The third kappa shape index (κ3) is 3.82. The van der Waals surface area contributed by atoms with Gasteiger partial charge in [0.25, 0.3) is 5.56 Å². The second-order valence-electron chi connectivity index (χ2n) is 7.57. The number of hydrogen-bond acceptors (Lipinski definition) is 4. The lowest BCUT2D eigenvalue weighted by molar-refractivity contribution is -0.117. The van der Waals surface area contributed by atoms with Crippen LogP contribution in [0.2, 0.25) is 0 Å². The summed E-state index contributed by atoms with van der Waals surface area (Å²) in [5.74, 6) is 0.344. The molecule has 1 aliphatic carbocycles. The Morgan fingerprint density at radius 1 is 1.19 bits per heavy atom. The highest BCUT2D eigenvalue weighted by Gasteiger charge is 2.21. The first-order valence-electron chi connectivity index (χ1n) is 9.81. The van der Waals surface area contributed by atoms with E-state index in [1.54, 1.807) is 13.2 Å². The van der Waals surface area contributed by atoms with Gasteiger partial charge in [0.1, 0.15) is 5.39 Å². The highest BCUT2D eigenvalue weighted by atomic mass is 16.2. The number of aromatic nitrogens is 3. The van der Waals surface area contributed by atoms with Gasteiger partial charge >= 0.3 is 5.69 Å². The fourth-order valence-corrected chi connectivity index (χ4v) is 4.01. The monoisotopic (exact) mass is 372 g/mol. The second kappa shape index (κ2) is 8.06. The predicted octanol–water partition coefficient (Wildman–Crippen LogP) is 2.49. The van der Waals surface area contributed by atoms with Crippen LogP contribution in [0.25, 0.3) is 11.0 Å². The van der Waals surface area contributed by atoms with Crippen LogP contribution in [0.1, 0.15) is 57.4 Å². The molecule has 7 heteroatoms. The molecule has 1 saturated carbocycles. The lowest BCUT2D eigenvalue weighted by atomic mass is 9.87. The van der Waals surface area contributed by atoms with Gasteiger partial charge in [-0.2, -0.15) is 0 Å². The van der Waals surface area contributed by atoms with Crippen molar-refractivity contribution in [1.82, 2.24) is 14.1 Å². The average molecular weight is 372 g/mol. The normalized spacial score (nSPS) is 15.2. The summed E-state index contributed by atoms with van der Waals surface area (Å²) in [6, 6.07) is 0. The van der Waals surface area contributed by atoms with Crippen LogP contribution in [0.3, 0.4) is 0 Å². The maximum Gasteiger partial charge on any atom is 0.332 e. The van der Waals surface area contributed by atoms with Crippen molar-refractivity contribution in [3.8, 4) is 0 Å². The SMILES string of the molecule is CCCc1cnc2c(c1NC(=O)CC1CCCCC1)c(=O)n(C)c(=O)n2C. The first kappa shape index (κ1) is 19.3. The zero-order valence-electron chi connectivity index (χ0n) is 16.4. The fourth-order valence-electron chi connectivity index (χ4n) is 4.01. The van der Waals surface area contributed by atoms with Crippen molar-refractivity contribution >= 4 is 22.6 Å². The Balaban J connectivity index is 2.05. The summed E-state index contributed by atoms with van der Waals surface area (Å²) in [5, 5.41) is 3.30. The molecule has 146 valence electrons. The van der Waals surface area contributed by atoms with Gasteiger partial charge in [-0.15, -0.1) is 0 Å². The lowest BCUT2D eigenvalue weighted by Gasteiger charge is -2.21. The van der Waals surface area contributed by atoms with Crippen molar-refractivity contribution in [3.05, 3.63) is 32.6 Å². The number of carbonyl (C=O) groups is 1. The number of carbonyl (C=O) groups excluding carboxylic acids is 1. The number of nitrogens with one attached hydrogen (secondary N) is 1. The van der Waals surface area contributed by atoms with Crippen molar-refractivity contribution in [3.63, 3.8) is 0 Å². The molecule has 2 heterocycles. The lowest BCUT2D eigenvalue weighted by Crippen LogP contribution is -2.38. The van der Waals surface area contributed by atoms with Crippen LogP contribution in [0.4, 0.5) is 5.69 Å².